The fourth-order valence-electron chi connectivity index (χ4n) is 1.94. The highest BCUT2D eigenvalue weighted by molar-refractivity contribution is 5.73. The standard InChI is InChI=1S/C12H16N2O3/c1-13(2)11(16-4)8-5-6-10-9(7-8)14(3)12(15)17-10/h5-7,11H,1-4H3. The molecule has 5 nitrogen and oxygen atoms in total. The SMILES string of the molecule is COC(c1ccc2oc(=O)n(C)c2c1)N(C)C. The van der Waals surface area contributed by atoms with Crippen molar-refractivity contribution in [1.82, 2.24) is 9.47 Å². The van der Waals surface area contributed by atoms with E-state index in [1.165, 1.54) is 4.57 Å². The first kappa shape index (κ1) is 11.9. The second-order valence-electron chi connectivity index (χ2n) is 4.21. The summed E-state index contributed by atoms with van der Waals surface area (Å²) < 4.78 is 12.0. The lowest BCUT2D eigenvalue weighted by Gasteiger charge is -2.22. The molecule has 92 valence electrons. The van der Waals surface area contributed by atoms with Gasteiger partial charge in [0.2, 0.25) is 0 Å². The highest BCUT2D eigenvalue weighted by Crippen LogP contribution is 2.22. The second-order valence-corrected chi connectivity index (χ2v) is 4.21. The van der Waals surface area contributed by atoms with E-state index in [2.05, 4.69) is 0 Å². The Morgan fingerprint density at radius 2 is 2.12 bits per heavy atom. The van der Waals surface area contributed by atoms with Crippen LogP contribution >= 0.6 is 0 Å². The molecule has 0 bridgehead atoms. The predicted octanol–water partition coefficient (Wildman–Crippen LogP) is 1.34. The molecule has 0 saturated carbocycles. The number of hydrogen-bond donors (Lipinski definition) is 0. The van der Waals surface area contributed by atoms with Gasteiger partial charge in [0.25, 0.3) is 0 Å². The number of methoxy groups -OCH3 is 1. The summed E-state index contributed by atoms with van der Waals surface area (Å²) in [5.74, 6) is -0.351. The van der Waals surface area contributed by atoms with Crippen LogP contribution in [0, 0.1) is 0 Å². The second kappa shape index (κ2) is 4.35. The number of ether oxygens (including phenoxy) is 1. The zero-order valence-corrected chi connectivity index (χ0v) is 10.4. The van der Waals surface area contributed by atoms with Gasteiger partial charge < -0.3 is 9.15 Å². The summed E-state index contributed by atoms with van der Waals surface area (Å²) in [7, 11) is 7.22. The maximum absolute atomic E-state index is 11.4. The Hall–Kier alpha value is -1.59. The molecule has 17 heavy (non-hydrogen) atoms. The van der Waals surface area contributed by atoms with E-state index in [0.717, 1.165) is 11.1 Å². The van der Waals surface area contributed by atoms with Crippen LogP contribution in [0.2, 0.25) is 0 Å². The van der Waals surface area contributed by atoms with Crippen molar-refractivity contribution in [2.75, 3.05) is 21.2 Å². The first-order chi connectivity index (χ1) is 8.04. The third-order valence-electron chi connectivity index (χ3n) is 2.79. The summed E-state index contributed by atoms with van der Waals surface area (Å²) in [6, 6.07) is 5.61. The average Bonchev–Trinajstić information content (AvgIpc) is 2.56. The molecule has 5 heteroatoms. The van der Waals surface area contributed by atoms with Gasteiger partial charge in [0.05, 0.1) is 5.52 Å². The number of fused-ring (bicyclic) bond motifs is 1. The van der Waals surface area contributed by atoms with Gasteiger partial charge in [-0.05, 0) is 31.8 Å². The van der Waals surface area contributed by atoms with Gasteiger partial charge in [0.1, 0.15) is 6.23 Å². The normalized spacial score (nSPS) is 13.5. The van der Waals surface area contributed by atoms with Crippen molar-refractivity contribution >= 4 is 11.1 Å². The Balaban J connectivity index is 2.57. The molecule has 1 atom stereocenters. The molecule has 0 aliphatic carbocycles. The van der Waals surface area contributed by atoms with Crippen molar-refractivity contribution in [3.63, 3.8) is 0 Å². The van der Waals surface area contributed by atoms with E-state index in [0.29, 0.717) is 5.58 Å². The third kappa shape index (κ3) is 1.99. The van der Waals surface area contributed by atoms with Crippen LogP contribution in [-0.2, 0) is 11.8 Å². The van der Waals surface area contributed by atoms with E-state index < -0.39 is 0 Å². The molecular weight excluding hydrogens is 220 g/mol. The van der Waals surface area contributed by atoms with Crippen molar-refractivity contribution < 1.29 is 9.15 Å². The molecule has 0 amide bonds. The Kier molecular flexibility index (Phi) is 3.04. The molecule has 2 aromatic rings. The average molecular weight is 236 g/mol. The summed E-state index contributed by atoms with van der Waals surface area (Å²) in [5.41, 5.74) is 2.35. The number of hydrogen-bond acceptors (Lipinski definition) is 4. The molecule has 0 spiro atoms. The zero-order chi connectivity index (χ0) is 12.6. The van der Waals surface area contributed by atoms with Gasteiger partial charge in [-0.3, -0.25) is 9.47 Å². The lowest BCUT2D eigenvalue weighted by Crippen LogP contribution is -2.21. The molecule has 0 radical (unpaired) electrons. The number of benzene rings is 1. The maximum atomic E-state index is 11.4. The molecule has 1 aromatic carbocycles. The molecule has 1 heterocycles. The molecule has 0 saturated heterocycles. The van der Waals surface area contributed by atoms with Gasteiger partial charge in [0, 0.05) is 14.2 Å². The van der Waals surface area contributed by atoms with Crippen LogP contribution in [-0.4, -0.2) is 30.7 Å². The van der Waals surface area contributed by atoms with Gasteiger partial charge in [0.15, 0.2) is 5.58 Å². The minimum Gasteiger partial charge on any atom is -0.408 e. The largest absolute Gasteiger partial charge is 0.419 e. The van der Waals surface area contributed by atoms with Crippen molar-refractivity contribution in [2.24, 2.45) is 7.05 Å². The number of aryl methyl sites for hydroxylation is 1. The molecule has 0 fully saturated rings. The van der Waals surface area contributed by atoms with Crippen molar-refractivity contribution in [3.8, 4) is 0 Å². The smallest absolute Gasteiger partial charge is 0.408 e. The topological polar surface area (TPSA) is 47.6 Å². The molecule has 2 rings (SSSR count). The lowest BCUT2D eigenvalue weighted by molar-refractivity contribution is -0.00532. The third-order valence-corrected chi connectivity index (χ3v) is 2.79. The van der Waals surface area contributed by atoms with Gasteiger partial charge in [-0.25, -0.2) is 4.79 Å². The summed E-state index contributed by atoms with van der Waals surface area (Å²) in [6.07, 6.45) is -0.135. The monoisotopic (exact) mass is 236 g/mol. The summed E-state index contributed by atoms with van der Waals surface area (Å²) in [6.45, 7) is 0. The summed E-state index contributed by atoms with van der Waals surface area (Å²) >= 11 is 0. The Bertz CT molecular complexity index is 583. The van der Waals surface area contributed by atoms with Crippen molar-refractivity contribution in [1.29, 1.82) is 0 Å². The number of aromatic nitrogens is 1. The van der Waals surface area contributed by atoms with Crippen LogP contribution in [0.3, 0.4) is 0 Å². The van der Waals surface area contributed by atoms with Crippen molar-refractivity contribution in [3.05, 3.63) is 34.3 Å². The lowest BCUT2D eigenvalue weighted by atomic mass is 10.1. The Labute approximate surface area is 99.2 Å². The van der Waals surface area contributed by atoms with Crippen LogP contribution in [0.25, 0.3) is 11.1 Å². The van der Waals surface area contributed by atoms with Crippen LogP contribution in [0.5, 0.6) is 0 Å². The van der Waals surface area contributed by atoms with E-state index in [-0.39, 0.29) is 12.0 Å². The highest BCUT2D eigenvalue weighted by Gasteiger charge is 2.15. The Morgan fingerprint density at radius 1 is 1.41 bits per heavy atom. The fraction of sp³-hybridized carbons (Fsp3) is 0.417. The number of rotatable bonds is 3. The quantitative estimate of drug-likeness (QED) is 0.754. The maximum Gasteiger partial charge on any atom is 0.419 e. The van der Waals surface area contributed by atoms with E-state index in [1.807, 2.05) is 31.1 Å². The molecular formula is C12H16N2O3. The van der Waals surface area contributed by atoms with Crippen LogP contribution in [0.1, 0.15) is 11.8 Å². The van der Waals surface area contributed by atoms with Crippen LogP contribution in [0.4, 0.5) is 0 Å². The van der Waals surface area contributed by atoms with Gasteiger partial charge in [-0.1, -0.05) is 6.07 Å². The first-order valence-corrected chi connectivity index (χ1v) is 5.33. The number of oxazole rings is 1. The highest BCUT2D eigenvalue weighted by atomic mass is 16.5. The Morgan fingerprint density at radius 3 is 2.71 bits per heavy atom. The molecule has 0 N–H and O–H groups in total. The van der Waals surface area contributed by atoms with E-state index in [1.54, 1.807) is 20.2 Å². The van der Waals surface area contributed by atoms with E-state index in [9.17, 15) is 4.79 Å². The molecule has 1 unspecified atom stereocenters. The summed E-state index contributed by atoms with van der Waals surface area (Å²) in [4.78, 5) is 13.3. The fourth-order valence-corrected chi connectivity index (χ4v) is 1.94. The predicted molar refractivity (Wildman–Crippen MR) is 64.9 cm³/mol. The van der Waals surface area contributed by atoms with Gasteiger partial charge >= 0.3 is 5.76 Å². The van der Waals surface area contributed by atoms with Gasteiger partial charge in [-0.2, -0.15) is 0 Å². The van der Waals surface area contributed by atoms with E-state index in [4.69, 9.17) is 9.15 Å². The number of nitrogens with zero attached hydrogens (tertiary/aromatic N) is 2. The van der Waals surface area contributed by atoms with Crippen LogP contribution < -0.4 is 5.76 Å². The first-order valence-electron chi connectivity index (χ1n) is 5.33. The van der Waals surface area contributed by atoms with Gasteiger partial charge in [-0.15, -0.1) is 0 Å². The summed E-state index contributed by atoms with van der Waals surface area (Å²) in [5, 5.41) is 0. The zero-order valence-electron chi connectivity index (χ0n) is 10.4. The van der Waals surface area contributed by atoms with Crippen LogP contribution in [0.15, 0.2) is 27.4 Å². The minimum absolute atomic E-state index is 0.135. The minimum atomic E-state index is -0.351. The molecule has 0 aliphatic rings. The molecule has 1 aromatic heterocycles. The van der Waals surface area contributed by atoms with Crippen molar-refractivity contribution in [2.45, 2.75) is 6.23 Å². The molecule has 0 aliphatic heterocycles. The van der Waals surface area contributed by atoms with E-state index >= 15 is 0 Å².